The van der Waals surface area contributed by atoms with Gasteiger partial charge < -0.3 is 9.47 Å². The van der Waals surface area contributed by atoms with Gasteiger partial charge in [-0.3, -0.25) is 0 Å². The molecule has 0 N–H and O–H groups in total. The average Bonchev–Trinajstić information content (AvgIpc) is 2.55. The molecular weight excluding hydrogens is 329 g/mol. The van der Waals surface area contributed by atoms with Crippen molar-refractivity contribution in [3.05, 3.63) is 23.3 Å². The molecule has 0 aliphatic rings. The lowest BCUT2D eigenvalue weighted by atomic mass is 10.1. The van der Waals surface area contributed by atoms with Crippen molar-refractivity contribution in [2.45, 2.75) is 52.6 Å². The van der Waals surface area contributed by atoms with Gasteiger partial charge in [0.2, 0.25) is 0 Å². The minimum absolute atomic E-state index is 0.0416. The van der Waals surface area contributed by atoms with Gasteiger partial charge in [-0.2, -0.15) is 13.2 Å². The fraction of sp³-hybridized carbons (Fsp3) is 0.500. The molecule has 136 valence electrons. The maximum absolute atomic E-state index is 13.4. The van der Waals surface area contributed by atoms with E-state index in [1.165, 1.54) is 19.1 Å². The molecule has 0 aliphatic heterocycles. The molecule has 0 heterocycles. The third kappa shape index (κ3) is 7.01. The monoisotopic (exact) mass is 352 g/mol. The smallest absolute Gasteiger partial charge is 0.420 e. The Labute approximate surface area is 147 Å². The fourth-order valence-electron chi connectivity index (χ4n) is 2.23. The van der Waals surface area contributed by atoms with Crippen LogP contribution in [-0.2, 0) is 6.18 Å². The van der Waals surface area contributed by atoms with Crippen LogP contribution in [0.25, 0.3) is 0 Å². The van der Waals surface area contributed by atoms with Crippen LogP contribution in [0.2, 0.25) is 0 Å². The van der Waals surface area contributed by atoms with Crippen molar-refractivity contribution in [3.8, 4) is 35.2 Å². The molecule has 1 aromatic rings. The molecule has 0 fully saturated rings. The Morgan fingerprint density at radius 2 is 1.36 bits per heavy atom. The van der Waals surface area contributed by atoms with E-state index in [2.05, 4.69) is 23.7 Å². The van der Waals surface area contributed by atoms with Crippen molar-refractivity contribution in [2.24, 2.45) is 0 Å². The van der Waals surface area contributed by atoms with Gasteiger partial charge in [0.1, 0.15) is 17.1 Å². The first-order valence-corrected chi connectivity index (χ1v) is 8.17. The number of hydrogen-bond acceptors (Lipinski definition) is 2. The summed E-state index contributed by atoms with van der Waals surface area (Å²) in [6.07, 6.45) is -2.01. The van der Waals surface area contributed by atoms with E-state index in [9.17, 15) is 13.2 Å². The Kier molecular flexibility index (Phi) is 8.78. The van der Waals surface area contributed by atoms with Crippen molar-refractivity contribution in [2.75, 3.05) is 13.2 Å². The summed E-state index contributed by atoms with van der Waals surface area (Å²) in [5, 5.41) is 0. The highest BCUT2D eigenvalue weighted by Gasteiger charge is 2.37. The highest BCUT2D eigenvalue weighted by Crippen LogP contribution is 2.42. The second-order valence-electron chi connectivity index (χ2n) is 5.32. The molecule has 0 saturated heterocycles. The standard InChI is InChI=1S/C20H23F3O2/c1-4-6-8-10-14-24-17-12-13-18(25-15-11-9-7-5-2)19(16(17)3)20(21,22)23/h12-13H,8-11,14-15H2,1-3H3. The maximum Gasteiger partial charge on any atom is 0.420 e. The average molecular weight is 352 g/mol. The molecule has 0 radical (unpaired) electrons. The van der Waals surface area contributed by atoms with Crippen molar-refractivity contribution in [3.63, 3.8) is 0 Å². The number of ether oxygens (including phenoxy) is 2. The Bertz CT molecular complexity index is 670. The first-order chi connectivity index (χ1) is 11.9. The second-order valence-corrected chi connectivity index (χ2v) is 5.32. The molecule has 0 aromatic heterocycles. The number of halogens is 3. The summed E-state index contributed by atoms with van der Waals surface area (Å²) >= 11 is 0. The molecule has 0 atom stereocenters. The summed E-state index contributed by atoms with van der Waals surface area (Å²) < 4.78 is 51.1. The highest BCUT2D eigenvalue weighted by molar-refractivity contribution is 5.49. The van der Waals surface area contributed by atoms with Crippen LogP contribution in [0.4, 0.5) is 13.2 Å². The van der Waals surface area contributed by atoms with E-state index in [-0.39, 0.29) is 23.7 Å². The Hall–Kier alpha value is -2.27. The van der Waals surface area contributed by atoms with Crippen LogP contribution in [0.15, 0.2) is 12.1 Å². The minimum Gasteiger partial charge on any atom is -0.493 e. The van der Waals surface area contributed by atoms with Crippen LogP contribution in [0, 0.1) is 30.6 Å². The van der Waals surface area contributed by atoms with E-state index >= 15 is 0 Å². The van der Waals surface area contributed by atoms with Crippen molar-refractivity contribution >= 4 is 0 Å². The third-order valence-electron chi connectivity index (χ3n) is 3.42. The predicted molar refractivity (Wildman–Crippen MR) is 92.5 cm³/mol. The van der Waals surface area contributed by atoms with Crippen LogP contribution in [0.3, 0.4) is 0 Å². The molecule has 0 amide bonds. The molecular formula is C20H23F3O2. The van der Waals surface area contributed by atoms with Gasteiger partial charge in [0.15, 0.2) is 0 Å². The summed E-state index contributed by atoms with van der Waals surface area (Å²) in [6.45, 7) is 5.38. The number of rotatable bonds is 8. The van der Waals surface area contributed by atoms with E-state index in [0.29, 0.717) is 32.3 Å². The molecule has 2 nitrogen and oxygen atoms in total. The Morgan fingerprint density at radius 1 is 0.880 bits per heavy atom. The zero-order chi connectivity index (χ0) is 18.7. The number of unbranched alkanes of at least 4 members (excludes halogenated alkanes) is 2. The van der Waals surface area contributed by atoms with E-state index in [4.69, 9.17) is 9.47 Å². The predicted octanol–water partition coefficient (Wildman–Crippen LogP) is 5.38. The van der Waals surface area contributed by atoms with Gasteiger partial charge in [-0.1, -0.05) is 0 Å². The normalized spacial score (nSPS) is 10.3. The summed E-state index contributed by atoms with van der Waals surface area (Å²) in [5.74, 6) is 11.3. The first kappa shape index (κ1) is 20.8. The summed E-state index contributed by atoms with van der Waals surface area (Å²) in [6, 6.07) is 2.85. The molecule has 1 rings (SSSR count). The molecule has 25 heavy (non-hydrogen) atoms. The maximum atomic E-state index is 13.4. The van der Waals surface area contributed by atoms with Gasteiger partial charge in [0, 0.05) is 18.4 Å². The van der Waals surface area contributed by atoms with Crippen LogP contribution in [0.1, 0.15) is 50.7 Å². The highest BCUT2D eigenvalue weighted by atomic mass is 19.4. The number of hydrogen-bond donors (Lipinski definition) is 0. The third-order valence-corrected chi connectivity index (χ3v) is 3.42. The molecule has 0 bridgehead atoms. The zero-order valence-corrected chi connectivity index (χ0v) is 14.8. The largest absolute Gasteiger partial charge is 0.493 e. The molecule has 5 heteroatoms. The molecule has 0 spiro atoms. The van der Waals surface area contributed by atoms with E-state index in [0.717, 1.165) is 0 Å². The van der Waals surface area contributed by atoms with Crippen LogP contribution >= 0.6 is 0 Å². The minimum atomic E-state index is -4.50. The SMILES string of the molecule is CC#CCCCOc1ccc(OCCCC#CC)c(C(F)(F)F)c1C. The lowest BCUT2D eigenvalue weighted by Gasteiger charge is -2.19. The second kappa shape index (κ2) is 10.6. The van der Waals surface area contributed by atoms with E-state index in [1.807, 2.05) is 0 Å². The molecule has 1 aromatic carbocycles. The topological polar surface area (TPSA) is 18.5 Å². The molecule has 0 unspecified atom stereocenters. The van der Waals surface area contributed by atoms with Gasteiger partial charge in [-0.05, 0) is 45.7 Å². The summed E-state index contributed by atoms with van der Waals surface area (Å²) in [4.78, 5) is 0. The van der Waals surface area contributed by atoms with Crippen LogP contribution in [0.5, 0.6) is 11.5 Å². The van der Waals surface area contributed by atoms with Crippen LogP contribution < -0.4 is 9.47 Å². The summed E-state index contributed by atoms with van der Waals surface area (Å²) in [7, 11) is 0. The number of benzene rings is 1. The van der Waals surface area contributed by atoms with E-state index in [1.54, 1.807) is 13.8 Å². The van der Waals surface area contributed by atoms with E-state index < -0.39 is 11.7 Å². The van der Waals surface area contributed by atoms with Crippen molar-refractivity contribution < 1.29 is 22.6 Å². The van der Waals surface area contributed by atoms with Gasteiger partial charge in [-0.15, -0.1) is 23.7 Å². The fourth-order valence-corrected chi connectivity index (χ4v) is 2.23. The quantitative estimate of drug-likeness (QED) is 0.462. The molecule has 0 aliphatic carbocycles. The Morgan fingerprint density at radius 3 is 1.84 bits per heavy atom. The van der Waals surface area contributed by atoms with Gasteiger partial charge in [0.25, 0.3) is 0 Å². The van der Waals surface area contributed by atoms with Crippen molar-refractivity contribution in [1.29, 1.82) is 0 Å². The van der Waals surface area contributed by atoms with Gasteiger partial charge >= 0.3 is 6.18 Å². The lowest BCUT2D eigenvalue weighted by molar-refractivity contribution is -0.139. The Balaban J connectivity index is 2.85. The van der Waals surface area contributed by atoms with Gasteiger partial charge in [-0.25, -0.2) is 0 Å². The molecule has 0 saturated carbocycles. The van der Waals surface area contributed by atoms with Crippen molar-refractivity contribution in [1.82, 2.24) is 0 Å². The van der Waals surface area contributed by atoms with Gasteiger partial charge in [0.05, 0.1) is 13.2 Å². The first-order valence-electron chi connectivity index (χ1n) is 8.17. The number of alkyl halides is 3. The van der Waals surface area contributed by atoms with Crippen LogP contribution in [-0.4, -0.2) is 13.2 Å². The summed E-state index contributed by atoms with van der Waals surface area (Å²) in [5.41, 5.74) is -0.736. The zero-order valence-electron chi connectivity index (χ0n) is 14.8. The lowest BCUT2D eigenvalue weighted by Crippen LogP contribution is -2.13.